The predicted molar refractivity (Wildman–Crippen MR) is 89.8 cm³/mol. The standard InChI is InChI=1S/C18H26N2O3/c1-18(2,3)23-17(22)20-10-14(11-20)13-4-6-15(7-5-13)19-9-8-16(21)12-19/h4-7,14,16,21H,8-12H2,1-3H3. The van der Waals surface area contributed by atoms with Crippen LogP contribution in [0.15, 0.2) is 24.3 Å². The van der Waals surface area contributed by atoms with Gasteiger partial charge in [-0.15, -0.1) is 0 Å². The molecule has 1 aromatic rings. The largest absolute Gasteiger partial charge is 0.444 e. The number of carbonyl (C=O) groups excluding carboxylic acids is 1. The van der Waals surface area contributed by atoms with E-state index in [1.165, 1.54) is 5.56 Å². The van der Waals surface area contributed by atoms with Crippen molar-refractivity contribution in [2.75, 3.05) is 31.1 Å². The van der Waals surface area contributed by atoms with Crippen molar-refractivity contribution in [3.05, 3.63) is 29.8 Å². The Morgan fingerprint density at radius 2 is 1.83 bits per heavy atom. The number of aliphatic hydroxyl groups is 1. The molecule has 0 bridgehead atoms. The average Bonchev–Trinajstić information content (AvgIpc) is 2.82. The summed E-state index contributed by atoms with van der Waals surface area (Å²) < 4.78 is 5.38. The van der Waals surface area contributed by atoms with Crippen LogP contribution in [0.25, 0.3) is 0 Å². The molecule has 2 heterocycles. The average molecular weight is 318 g/mol. The molecule has 1 atom stereocenters. The van der Waals surface area contributed by atoms with Crippen molar-refractivity contribution in [1.82, 2.24) is 4.90 Å². The van der Waals surface area contributed by atoms with Gasteiger partial charge in [-0.25, -0.2) is 4.79 Å². The molecule has 2 fully saturated rings. The topological polar surface area (TPSA) is 53.0 Å². The second-order valence-electron chi connectivity index (χ2n) is 7.56. The number of hydrogen-bond donors (Lipinski definition) is 1. The number of benzene rings is 1. The van der Waals surface area contributed by atoms with Gasteiger partial charge in [0.25, 0.3) is 0 Å². The van der Waals surface area contributed by atoms with Gasteiger partial charge < -0.3 is 19.6 Å². The summed E-state index contributed by atoms with van der Waals surface area (Å²) in [6.45, 7) is 8.72. The fourth-order valence-corrected chi connectivity index (χ4v) is 3.10. The SMILES string of the molecule is CC(C)(C)OC(=O)N1CC(c2ccc(N3CCC(O)C3)cc2)C1. The maximum absolute atomic E-state index is 12.0. The van der Waals surface area contributed by atoms with Crippen LogP contribution in [0, 0.1) is 0 Å². The number of carbonyl (C=O) groups is 1. The first-order chi connectivity index (χ1) is 10.8. The number of hydrogen-bond acceptors (Lipinski definition) is 4. The van der Waals surface area contributed by atoms with Crippen molar-refractivity contribution >= 4 is 11.8 Å². The first-order valence-corrected chi connectivity index (χ1v) is 8.33. The van der Waals surface area contributed by atoms with Gasteiger partial charge in [0.15, 0.2) is 0 Å². The normalized spacial score (nSPS) is 22.2. The molecular formula is C18H26N2O3. The molecule has 0 aliphatic carbocycles. The van der Waals surface area contributed by atoms with Crippen molar-refractivity contribution in [2.24, 2.45) is 0 Å². The number of β-amino-alcohol motifs (C(OH)–C–C–N with tert-alkyl or cyclic N) is 1. The lowest BCUT2D eigenvalue weighted by Crippen LogP contribution is -2.50. The van der Waals surface area contributed by atoms with Crippen LogP contribution in [0.5, 0.6) is 0 Å². The number of amides is 1. The Morgan fingerprint density at radius 3 is 2.35 bits per heavy atom. The van der Waals surface area contributed by atoms with Gasteiger partial charge in [0.05, 0.1) is 6.10 Å². The van der Waals surface area contributed by atoms with Gasteiger partial charge >= 0.3 is 6.09 Å². The summed E-state index contributed by atoms with van der Waals surface area (Å²) in [6, 6.07) is 8.50. The first kappa shape index (κ1) is 16.1. The molecule has 1 amide bonds. The zero-order valence-corrected chi connectivity index (χ0v) is 14.2. The summed E-state index contributed by atoms with van der Waals surface area (Å²) in [5.41, 5.74) is 1.98. The summed E-state index contributed by atoms with van der Waals surface area (Å²) >= 11 is 0. The minimum absolute atomic E-state index is 0.205. The van der Waals surface area contributed by atoms with E-state index in [1.54, 1.807) is 4.90 Å². The molecule has 2 aliphatic heterocycles. The van der Waals surface area contributed by atoms with Crippen molar-refractivity contribution in [2.45, 2.75) is 44.8 Å². The minimum atomic E-state index is -0.440. The van der Waals surface area contributed by atoms with Crippen LogP contribution in [0.1, 0.15) is 38.7 Å². The molecule has 0 aromatic heterocycles. The number of ether oxygens (including phenoxy) is 1. The molecule has 23 heavy (non-hydrogen) atoms. The number of anilines is 1. The van der Waals surface area contributed by atoms with E-state index in [-0.39, 0.29) is 12.2 Å². The highest BCUT2D eigenvalue weighted by Crippen LogP contribution is 2.30. The Bertz CT molecular complexity index is 559. The summed E-state index contributed by atoms with van der Waals surface area (Å²) in [6.07, 6.45) is 0.412. The van der Waals surface area contributed by atoms with Crippen LogP contribution >= 0.6 is 0 Å². The minimum Gasteiger partial charge on any atom is -0.444 e. The highest BCUT2D eigenvalue weighted by atomic mass is 16.6. The highest BCUT2D eigenvalue weighted by Gasteiger charge is 2.34. The molecule has 0 radical (unpaired) electrons. The fourth-order valence-electron chi connectivity index (χ4n) is 3.10. The summed E-state index contributed by atoms with van der Waals surface area (Å²) in [5.74, 6) is 0.390. The molecular weight excluding hydrogens is 292 g/mol. The van der Waals surface area contributed by atoms with Crippen LogP contribution in [0.4, 0.5) is 10.5 Å². The quantitative estimate of drug-likeness (QED) is 0.911. The van der Waals surface area contributed by atoms with E-state index in [4.69, 9.17) is 4.74 Å². The second-order valence-corrected chi connectivity index (χ2v) is 7.56. The van der Waals surface area contributed by atoms with Gasteiger partial charge in [-0.2, -0.15) is 0 Å². The van der Waals surface area contributed by atoms with Crippen molar-refractivity contribution < 1.29 is 14.6 Å². The highest BCUT2D eigenvalue weighted by molar-refractivity contribution is 5.69. The Hall–Kier alpha value is -1.75. The molecule has 5 nitrogen and oxygen atoms in total. The van der Waals surface area contributed by atoms with E-state index in [9.17, 15) is 9.90 Å². The van der Waals surface area contributed by atoms with E-state index < -0.39 is 5.60 Å². The maximum Gasteiger partial charge on any atom is 0.410 e. The Balaban J connectivity index is 1.53. The Morgan fingerprint density at radius 1 is 1.17 bits per heavy atom. The monoisotopic (exact) mass is 318 g/mol. The maximum atomic E-state index is 12.0. The lowest BCUT2D eigenvalue weighted by atomic mass is 9.92. The van der Waals surface area contributed by atoms with Crippen molar-refractivity contribution in [1.29, 1.82) is 0 Å². The van der Waals surface area contributed by atoms with Gasteiger partial charge in [-0.1, -0.05) is 12.1 Å². The van der Waals surface area contributed by atoms with E-state index in [1.807, 2.05) is 20.8 Å². The Kier molecular flexibility index (Phi) is 4.23. The molecule has 0 saturated carbocycles. The molecule has 126 valence electrons. The number of likely N-dealkylation sites (tertiary alicyclic amines) is 1. The third-order valence-corrected chi connectivity index (χ3v) is 4.43. The predicted octanol–water partition coefficient (Wildman–Crippen LogP) is 2.59. The lowest BCUT2D eigenvalue weighted by molar-refractivity contribution is 0.00819. The van der Waals surface area contributed by atoms with Crippen LogP contribution < -0.4 is 4.90 Å². The zero-order valence-electron chi connectivity index (χ0n) is 14.2. The lowest BCUT2D eigenvalue weighted by Gasteiger charge is -2.40. The van der Waals surface area contributed by atoms with Crippen LogP contribution in [0.3, 0.4) is 0 Å². The third kappa shape index (κ3) is 3.78. The van der Waals surface area contributed by atoms with Gasteiger partial charge in [-0.3, -0.25) is 0 Å². The zero-order chi connectivity index (χ0) is 16.6. The number of nitrogens with zero attached hydrogens (tertiary/aromatic N) is 2. The Labute approximate surface area is 137 Å². The molecule has 1 N–H and O–H groups in total. The fraction of sp³-hybridized carbons (Fsp3) is 0.611. The van der Waals surface area contributed by atoms with E-state index >= 15 is 0 Å². The van der Waals surface area contributed by atoms with E-state index in [2.05, 4.69) is 29.2 Å². The van der Waals surface area contributed by atoms with Crippen molar-refractivity contribution in [3.8, 4) is 0 Å². The van der Waals surface area contributed by atoms with Crippen LogP contribution in [0.2, 0.25) is 0 Å². The molecule has 3 rings (SSSR count). The summed E-state index contributed by atoms with van der Waals surface area (Å²) in [7, 11) is 0. The van der Waals surface area contributed by atoms with Crippen molar-refractivity contribution in [3.63, 3.8) is 0 Å². The molecule has 1 unspecified atom stereocenters. The molecule has 5 heteroatoms. The first-order valence-electron chi connectivity index (χ1n) is 8.33. The molecule has 0 spiro atoms. The van der Waals surface area contributed by atoms with E-state index in [0.29, 0.717) is 5.92 Å². The third-order valence-electron chi connectivity index (χ3n) is 4.43. The summed E-state index contributed by atoms with van der Waals surface area (Å²) in [5, 5.41) is 9.62. The second kappa shape index (κ2) is 6.04. The smallest absolute Gasteiger partial charge is 0.410 e. The van der Waals surface area contributed by atoms with Crippen LogP contribution in [-0.2, 0) is 4.74 Å². The summed E-state index contributed by atoms with van der Waals surface area (Å²) in [4.78, 5) is 15.9. The molecule has 2 saturated heterocycles. The van der Waals surface area contributed by atoms with Gasteiger partial charge in [-0.05, 0) is 44.9 Å². The molecule has 2 aliphatic rings. The van der Waals surface area contributed by atoms with Gasteiger partial charge in [0.1, 0.15) is 5.60 Å². The number of aliphatic hydroxyl groups excluding tert-OH is 1. The van der Waals surface area contributed by atoms with Crippen LogP contribution in [-0.4, -0.2) is 54.0 Å². The number of rotatable bonds is 2. The molecule has 1 aromatic carbocycles. The van der Waals surface area contributed by atoms with E-state index in [0.717, 1.165) is 38.3 Å². The van der Waals surface area contributed by atoms with Gasteiger partial charge in [0.2, 0.25) is 0 Å². The van der Waals surface area contributed by atoms with Gasteiger partial charge in [0, 0.05) is 37.8 Å².